The predicted molar refractivity (Wildman–Crippen MR) is 84.8 cm³/mol. The van der Waals surface area contributed by atoms with Crippen LogP contribution in [0.1, 0.15) is 52.4 Å². The van der Waals surface area contributed by atoms with Gasteiger partial charge in [-0.05, 0) is 25.5 Å². The van der Waals surface area contributed by atoms with Gasteiger partial charge in [0.05, 0.1) is 23.5 Å². The van der Waals surface area contributed by atoms with Crippen molar-refractivity contribution in [1.29, 1.82) is 0 Å². The quantitative estimate of drug-likeness (QED) is 0.834. The van der Waals surface area contributed by atoms with Gasteiger partial charge in [-0.15, -0.1) is 0 Å². The third kappa shape index (κ3) is 3.61. The maximum atomic E-state index is 12.5. The molecule has 22 heavy (non-hydrogen) atoms. The zero-order chi connectivity index (χ0) is 16.1. The van der Waals surface area contributed by atoms with Crippen LogP contribution in [-0.4, -0.2) is 33.8 Å². The lowest BCUT2D eigenvalue weighted by atomic mass is 10.0. The highest BCUT2D eigenvalue weighted by Gasteiger charge is 2.18. The van der Waals surface area contributed by atoms with Crippen LogP contribution in [0.2, 0.25) is 0 Å². The molecule has 116 valence electrons. The number of ketones is 1. The number of Topliss-reactive ketones (excluding diaryl/α,β-unsaturated/α-hetero) is 1. The summed E-state index contributed by atoms with van der Waals surface area (Å²) in [5.41, 5.74) is 2.78. The van der Waals surface area contributed by atoms with E-state index in [2.05, 4.69) is 17.1 Å². The van der Waals surface area contributed by atoms with Crippen molar-refractivity contribution in [3.8, 4) is 0 Å². The molecular weight excluding hydrogens is 278 g/mol. The number of carbonyl (C=O) groups excluding carboxylic acids is 2. The fourth-order valence-electron chi connectivity index (χ4n) is 2.38. The van der Waals surface area contributed by atoms with Crippen LogP contribution >= 0.6 is 0 Å². The highest BCUT2D eigenvalue weighted by atomic mass is 16.2. The van der Waals surface area contributed by atoms with Crippen LogP contribution in [0.4, 0.5) is 0 Å². The Morgan fingerprint density at radius 3 is 2.55 bits per heavy atom. The van der Waals surface area contributed by atoms with Crippen LogP contribution in [0.15, 0.2) is 30.3 Å². The normalized spacial score (nSPS) is 10.5. The van der Waals surface area contributed by atoms with E-state index in [0.717, 1.165) is 24.2 Å². The molecule has 0 aliphatic heterocycles. The molecule has 0 radical (unpaired) electrons. The lowest BCUT2D eigenvalue weighted by Crippen LogP contribution is -2.27. The molecule has 1 N–H and O–H groups in total. The molecule has 0 spiro atoms. The summed E-state index contributed by atoms with van der Waals surface area (Å²) in [7, 11) is 1.72. The molecule has 1 heterocycles. The Bertz CT molecular complexity index is 676. The van der Waals surface area contributed by atoms with Gasteiger partial charge in [-0.1, -0.05) is 31.5 Å². The second kappa shape index (κ2) is 7.02. The number of aromatic nitrogens is 2. The molecule has 0 bridgehead atoms. The lowest BCUT2D eigenvalue weighted by molar-refractivity contribution is 0.0778. The minimum Gasteiger partial charge on any atom is -0.336 e. The van der Waals surface area contributed by atoms with Gasteiger partial charge in [0, 0.05) is 12.6 Å². The zero-order valence-corrected chi connectivity index (χ0v) is 13.2. The Morgan fingerprint density at radius 2 is 1.91 bits per heavy atom. The van der Waals surface area contributed by atoms with Crippen molar-refractivity contribution in [3.05, 3.63) is 52.8 Å². The van der Waals surface area contributed by atoms with Gasteiger partial charge in [0.25, 0.3) is 5.91 Å². The first-order valence-electron chi connectivity index (χ1n) is 7.41. The molecule has 2 rings (SSSR count). The number of aryl methyl sites for hydroxylation is 1. The van der Waals surface area contributed by atoms with Crippen LogP contribution < -0.4 is 0 Å². The number of carbonyl (C=O) groups is 2. The van der Waals surface area contributed by atoms with E-state index in [1.807, 2.05) is 6.07 Å². The molecule has 0 fully saturated rings. The second-order valence-corrected chi connectivity index (χ2v) is 5.40. The summed E-state index contributed by atoms with van der Waals surface area (Å²) < 4.78 is 0. The van der Waals surface area contributed by atoms with Gasteiger partial charge < -0.3 is 4.90 Å². The molecule has 1 aromatic carbocycles. The van der Waals surface area contributed by atoms with E-state index in [-0.39, 0.29) is 11.7 Å². The molecule has 5 nitrogen and oxygen atoms in total. The standard InChI is InChI=1S/C17H21N3O2/c1-4-7-13-10-14(19-18-13)11-20(3)17(22)16-9-6-5-8-15(16)12(2)21/h5-6,8-10H,4,7,11H2,1-3H3,(H,18,19). The smallest absolute Gasteiger partial charge is 0.254 e. The van der Waals surface area contributed by atoms with Crippen molar-refractivity contribution >= 4 is 11.7 Å². The maximum Gasteiger partial charge on any atom is 0.254 e. The second-order valence-electron chi connectivity index (χ2n) is 5.40. The Labute approximate surface area is 130 Å². The van der Waals surface area contributed by atoms with E-state index < -0.39 is 0 Å². The van der Waals surface area contributed by atoms with Crippen LogP contribution in [0.3, 0.4) is 0 Å². The third-order valence-electron chi connectivity index (χ3n) is 3.48. The van der Waals surface area contributed by atoms with Gasteiger partial charge in [-0.3, -0.25) is 14.7 Å². The summed E-state index contributed by atoms with van der Waals surface area (Å²) in [6, 6.07) is 8.87. The minimum absolute atomic E-state index is 0.107. The van der Waals surface area contributed by atoms with Crippen molar-refractivity contribution in [3.63, 3.8) is 0 Å². The van der Waals surface area contributed by atoms with Crippen molar-refractivity contribution in [2.24, 2.45) is 0 Å². The molecule has 0 aliphatic carbocycles. The Kier molecular flexibility index (Phi) is 5.09. The first-order chi connectivity index (χ1) is 10.5. The summed E-state index contributed by atoms with van der Waals surface area (Å²) in [5, 5.41) is 7.17. The van der Waals surface area contributed by atoms with Gasteiger partial charge in [-0.25, -0.2) is 0 Å². The highest BCUT2D eigenvalue weighted by molar-refractivity contribution is 6.07. The predicted octanol–water partition coefficient (Wildman–Crippen LogP) is 2.84. The molecule has 0 aliphatic rings. The Hall–Kier alpha value is -2.43. The van der Waals surface area contributed by atoms with Gasteiger partial charge in [0.15, 0.2) is 5.78 Å². The monoisotopic (exact) mass is 299 g/mol. The Balaban J connectivity index is 2.13. The molecule has 0 atom stereocenters. The molecule has 0 saturated carbocycles. The fraction of sp³-hybridized carbons (Fsp3) is 0.353. The van der Waals surface area contributed by atoms with Crippen molar-refractivity contribution in [1.82, 2.24) is 15.1 Å². The zero-order valence-electron chi connectivity index (χ0n) is 13.2. The number of nitrogens with zero attached hydrogens (tertiary/aromatic N) is 2. The average molecular weight is 299 g/mol. The third-order valence-corrected chi connectivity index (χ3v) is 3.48. The number of hydrogen-bond acceptors (Lipinski definition) is 3. The first-order valence-corrected chi connectivity index (χ1v) is 7.41. The number of nitrogens with one attached hydrogen (secondary N) is 1. The fourth-order valence-corrected chi connectivity index (χ4v) is 2.38. The molecule has 0 unspecified atom stereocenters. The van der Waals surface area contributed by atoms with Crippen LogP contribution in [-0.2, 0) is 13.0 Å². The van der Waals surface area contributed by atoms with Crippen LogP contribution in [0, 0.1) is 0 Å². The number of amides is 1. The average Bonchev–Trinajstić information content (AvgIpc) is 2.94. The molecular formula is C17H21N3O2. The van der Waals surface area contributed by atoms with E-state index in [0.29, 0.717) is 17.7 Å². The molecule has 1 aromatic heterocycles. The van der Waals surface area contributed by atoms with Crippen LogP contribution in [0.5, 0.6) is 0 Å². The van der Waals surface area contributed by atoms with E-state index >= 15 is 0 Å². The summed E-state index contributed by atoms with van der Waals surface area (Å²) >= 11 is 0. The number of H-pyrrole nitrogens is 1. The van der Waals surface area contributed by atoms with E-state index in [1.54, 1.807) is 36.2 Å². The van der Waals surface area contributed by atoms with Crippen molar-refractivity contribution < 1.29 is 9.59 Å². The van der Waals surface area contributed by atoms with Crippen molar-refractivity contribution in [2.45, 2.75) is 33.2 Å². The number of rotatable bonds is 6. The van der Waals surface area contributed by atoms with Gasteiger partial charge in [0.2, 0.25) is 0 Å². The highest BCUT2D eigenvalue weighted by Crippen LogP contribution is 2.14. The number of aromatic amines is 1. The minimum atomic E-state index is -0.169. The summed E-state index contributed by atoms with van der Waals surface area (Å²) in [6.07, 6.45) is 1.95. The first kappa shape index (κ1) is 15.9. The lowest BCUT2D eigenvalue weighted by Gasteiger charge is -2.17. The van der Waals surface area contributed by atoms with Gasteiger partial charge >= 0.3 is 0 Å². The van der Waals surface area contributed by atoms with E-state index in [4.69, 9.17) is 0 Å². The molecule has 5 heteroatoms. The Morgan fingerprint density at radius 1 is 1.23 bits per heavy atom. The van der Waals surface area contributed by atoms with Gasteiger partial charge in [-0.2, -0.15) is 5.10 Å². The number of hydrogen-bond donors (Lipinski definition) is 1. The van der Waals surface area contributed by atoms with Crippen LogP contribution in [0.25, 0.3) is 0 Å². The molecule has 2 aromatic rings. The summed E-state index contributed by atoms with van der Waals surface area (Å²) in [6.45, 7) is 4.00. The van der Waals surface area contributed by atoms with Gasteiger partial charge in [0.1, 0.15) is 0 Å². The van der Waals surface area contributed by atoms with E-state index in [9.17, 15) is 9.59 Å². The topological polar surface area (TPSA) is 66.1 Å². The SMILES string of the molecule is CCCc1cc(CN(C)C(=O)c2ccccc2C(C)=O)[nH]n1. The van der Waals surface area contributed by atoms with E-state index in [1.165, 1.54) is 6.92 Å². The largest absolute Gasteiger partial charge is 0.336 e. The number of benzene rings is 1. The molecule has 0 saturated heterocycles. The summed E-state index contributed by atoms with van der Waals surface area (Å²) in [5.74, 6) is -0.276. The molecule has 1 amide bonds. The summed E-state index contributed by atoms with van der Waals surface area (Å²) in [4.78, 5) is 25.8. The maximum absolute atomic E-state index is 12.5. The van der Waals surface area contributed by atoms with Crippen molar-refractivity contribution in [2.75, 3.05) is 7.05 Å².